The van der Waals surface area contributed by atoms with Crippen LogP contribution < -0.4 is 4.74 Å². The second-order valence-electron chi connectivity index (χ2n) is 4.39. The molecule has 0 unspecified atom stereocenters. The second kappa shape index (κ2) is 6.28. The molecule has 2 aromatic carbocycles. The number of carbonyl (C=O) groups is 1. The number of benzene rings is 2. The van der Waals surface area contributed by atoms with E-state index in [4.69, 9.17) is 4.74 Å². The van der Waals surface area contributed by atoms with Crippen LogP contribution in [0.25, 0.3) is 0 Å². The van der Waals surface area contributed by atoms with Gasteiger partial charge in [0.1, 0.15) is 12.9 Å². The lowest BCUT2D eigenvalue weighted by Crippen LogP contribution is -2.01. The molecule has 0 spiro atoms. The van der Waals surface area contributed by atoms with E-state index in [1.807, 2.05) is 31.2 Å². The van der Waals surface area contributed by atoms with Crippen LogP contribution in [0.4, 0.5) is 8.78 Å². The van der Waals surface area contributed by atoms with E-state index in [1.165, 1.54) is 5.56 Å². The van der Waals surface area contributed by atoms with Crippen molar-refractivity contribution in [3.8, 4) is 5.75 Å². The number of aryl methyl sites for hydroxylation is 1. The van der Waals surface area contributed by atoms with Crippen LogP contribution in [0, 0.1) is 11.6 Å². The second-order valence-corrected chi connectivity index (χ2v) is 4.39. The van der Waals surface area contributed by atoms with E-state index < -0.39 is 17.4 Å². The Labute approximate surface area is 116 Å². The molecule has 0 fully saturated rings. The molecule has 4 heteroatoms. The van der Waals surface area contributed by atoms with E-state index in [2.05, 4.69) is 0 Å². The average molecular weight is 276 g/mol. The topological polar surface area (TPSA) is 26.3 Å². The first-order chi connectivity index (χ1) is 9.63. The van der Waals surface area contributed by atoms with Gasteiger partial charge in [0.25, 0.3) is 0 Å². The van der Waals surface area contributed by atoms with Crippen molar-refractivity contribution in [2.45, 2.75) is 20.0 Å². The molecular formula is C16H14F2O2. The zero-order valence-electron chi connectivity index (χ0n) is 11.0. The third kappa shape index (κ3) is 3.20. The molecule has 2 nitrogen and oxygen atoms in total. The third-order valence-electron chi connectivity index (χ3n) is 2.97. The molecule has 0 heterocycles. The molecule has 20 heavy (non-hydrogen) atoms. The molecule has 0 aliphatic rings. The average Bonchev–Trinajstić information content (AvgIpc) is 2.46. The van der Waals surface area contributed by atoms with E-state index in [0.717, 1.165) is 24.1 Å². The standard InChI is InChI=1S/C16H14F2O2/c1-2-11-3-5-12(6-4-11)10-20-16-14(17)7-13(9-19)8-15(16)18/h3-9H,2,10H2,1H3. The highest BCUT2D eigenvalue weighted by Gasteiger charge is 2.12. The Balaban J connectivity index is 2.12. The van der Waals surface area contributed by atoms with Gasteiger partial charge in [-0.3, -0.25) is 4.79 Å². The van der Waals surface area contributed by atoms with Crippen LogP contribution in [0.5, 0.6) is 5.75 Å². The van der Waals surface area contributed by atoms with Crippen LogP contribution in [0.1, 0.15) is 28.4 Å². The van der Waals surface area contributed by atoms with Crippen LogP contribution in [-0.2, 0) is 13.0 Å². The first-order valence-corrected chi connectivity index (χ1v) is 6.29. The molecule has 2 aromatic rings. The normalized spacial score (nSPS) is 10.3. The molecule has 0 saturated heterocycles. The Kier molecular flexibility index (Phi) is 4.45. The van der Waals surface area contributed by atoms with E-state index in [-0.39, 0.29) is 12.2 Å². The van der Waals surface area contributed by atoms with Gasteiger partial charge in [-0.15, -0.1) is 0 Å². The number of hydrogen-bond donors (Lipinski definition) is 0. The minimum atomic E-state index is -0.878. The number of halogens is 2. The first kappa shape index (κ1) is 14.2. The number of ether oxygens (including phenoxy) is 1. The van der Waals surface area contributed by atoms with Crippen molar-refractivity contribution < 1.29 is 18.3 Å². The highest BCUT2D eigenvalue weighted by Crippen LogP contribution is 2.23. The molecular weight excluding hydrogens is 262 g/mol. The number of aldehydes is 1. The summed E-state index contributed by atoms with van der Waals surface area (Å²) in [6, 6.07) is 9.50. The molecule has 0 aromatic heterocycles. The van der Waals surface area contributed by atoms with Crippen molar-refractivity contribution in [1.29, 1.82) is 0 Å². The van der Waals surface area contributed by atoms with Crippen molar-refractivity contribution in [1.82, 2.24) is 0 Å². The van der Waals surface area contributed by atoms with E-state index >= 15 is 0 Å². The van der Waals surface area contributed by atoms with Crippen LogP contribution in [0.15, 0.2) is 36.4 Å². The molecule has 2 rings (SSSR count). The number of hydrogen-bond acceptors (Lipinski definition) is 2. The highest BCUT2D eigenvalue weighted by molar-refractivity contribution is 5.75. The summed E-state index contributed by atoms with van der Waals surface area (Å²) in [5.41, 5.74) is 1.95. The maximum atomic E-state index is 13.6. The molecule has 0 saturated carbocycles. The summed E-state index contributed by atoms with van der Waals surface area (Å²) in [6.07, 6.45) is 1.32. The lowest BCUT2D eigenvalue weighted by molar-refractivity contribution is 0.112. The Hall–Kier alpha value is -2.23. The number of rotatable bonds is 5. The zero-order valence-corrected chi connectivity index (χ0v) is 11.0. The minimum Gasteiger partial charge on any atom is -0.483 e. The number of carbonyl (C=O) groups excluding carboxylic acids is 1. The van der Waals surface area contributed by atoms with Gasteiger partial charge in [-0.25, -0.2) is 8.78 Å². The molecule has 0 aliphatic heterocycles. The smallest absolute Gasteiger partial charge is 0.191 e. The quantitative estimate of drug-likeness (QED) is 0.774. The first-order valence-electron chi connectivity index (χ1n) is 6.29. The van der Waals surface area contributed by atoms with E-state index in [1.54, 1.807) is 0 Å². The van der Waals surface area contributed by atoms with Gasteiger partial charge in [-0.05, 0) is 29.7 Å². The van der Waals surface area contributed by atoms with E-state index in [0.29, 0.717) is 6.29 Å². The monoisotopic (exact) mass is 276 g/mol. The minimum absolute atomic E-state index is 0.0559. The van der Waals surface area contributed by atoms with Gasteiger partial charge in [0.2, 0.25) is 0 Å². The van der Waals surface area contributed by atoms with Crippen molar-refractivity contribution >= 4 is 6.29 Å². The zero-order chi connectivity index (χ0) is 14.5. The fraction of sp³-hybridized carbons (Fsp3) is 0.188. The summed E-state index contributed by atoms with van der Waals surface area (Å²) >= 11 is 0. The molecule has 0 atom stereocenters. The predicted octanol–water partition coefficient (Wildman–Crippen LogP) is 3.92. The van der Waals surface area contributed by atoms with Crippen molar-refractivity contribution in [3.05, 3.63) is 64.7 Å². The highest BCUT2D eigenvalue weighted by atomic mass is 19.1. The maximum Gasteiger partial charge on any atom is 0.191 e. The summed E-state index contributed by atoms with van der Waals surface area (Å²) in [5.74, 6) is -2.22. The van der Waals surface area contributed by atoms with Crippen LogP contribution in [-0.4, -0.2) is 6.29 Å². The van der Waals surface area contributed by atoms with Crippen LogP contribution in [0.3, 0.4) is 0 Å². The molecule has 0 aliphatic carbocycles. The van der Waals surface area contributed by atoms with Gasteiger partial charge in [-0.2, -0.15) is 0 Å². The van der Waals surface area contributed by atoms with Gasteiger partial charge >= 0.3 is 0 Å². The van der Waals surface area contributed by atoms with Crippen molar-refractivity contribution in [2.75, 3.05) is 0 Å². The van der Waals surface area contributed by atoms with E-state index in [9.17, 15) is 13.6 Å². The van der Waals surface area contributed by atoms with Crippen LogP contribution >= 0.6 is 0 Å². The summed E-state index contributed by atoms with van der Waals surface area (Å²) in [6.45, 7) is 2.11. The largest absolute Gasteiger partial charge is 0.483 e. The van der Waals surface area contributed by atoms with Gasteiger partial charge in [-0.1, -0.05) is 31.2 Å². The summed E-state index contributed by atoms with van der Waals surface area (Å²) < 4.78 is 32.4. The Bertz CT molecular complexity index is 583. The maximum absolute atomic E-state index is 13.6. The summed E-state index contributed by atoms with van der Waals surface area (Å²) in [4.78, 5) is 10.5. The third-order valence-corrected chi connectivity index (χ3v) is 2.97. The summed E-state index contributed by atoms with van der Waals surface area (Å²) in [7, 11) is 0. The SMILES string of the molecule is CCc1ccc(COc2c(F)cc(C=O)cc2F)cc1. The summed E-state index contributed by atoms with van der Waals surface area (Å²) in [5, 5.41) is 0. The fourth-order valence-electron chi connectivity index (χ4n) is 1.81. The Morgan fingerprint density at radius 2 is 1.60 bits per heavy atom. The fourth-order valence-corrected chi connectivity index (χ4v) is 1.81. The lowest BCUT2D eigenvalue weighted by atomic mass is 10.1. The van der Waals surface area contributed by atoms with Crippen molar-refractivity contribution in [3.63, 3.8) is 0 Å². The Morgan fingerprint density at radius 1 is 1.05 bits per heavy atom. The molecule has 104 valence electrons. The van der Waals surface area contributed by atoms with Gasteiger partial charge in [0.05, 0.1) is 0 Å². The Morgan fingerprint density at radius 3 is 2.10 bits per heavy atom. The molecule has 0 radical (unpaired) electrons. The van der Waals surface area contributed by atoms with Crippen molar-refractivity contribution in [2.24, 2.45) is 0 Å². The lowest BCUT2D eigenvalue weighted by Gasteiger charge is -2.09. The molecule has 0 amide bonds. The van der Waals surface area contributed by atoms with Gasteiger partial charge in [0.15, 0.2) is 17.4 Å². The van der Waals surface area contributed by atoms with Crippen LogP contribution in [0.2, 0.25) is 0 Å². The molecule has 0 N–H and O–H groups in total. The molecule has 0 bridgehead atoms. The predicted molar refractivity (Wildman–Crippen MR) is 71.9 cm³/mol. The van der Waals surface area contributed by atoms with Gasteiger partial charge in [0, 0.05) is 5.56 Å². The van der Waals surface area contributed by atoms with Gasteiger partial charge < -0.3 is 4.74 Å².